The zero-order valence-corrected chi connectivity index (χ0v) is 18.3. The van der Waals surface area contributed by atoms with E-state index in [0.29, 0.717) is 36.2 Å². The molecule has 0 aliphatic carbocycles. The van der Waals surface area contributed by atoms with Gasteiger partial charge in [-0.25, -0.2) is 0 Å². The van der Waals surface area contributed by atoms with Gasteiger partial charge in [-0.05, 0) is 61.4 Å². The fourth-order valence-electron chi connectivity index (χ4n) is 2.79. The molecule has 0 unspecified atom stereocenters. The maximum absolute atomic E-state index is 12.1. The van der Waals surface area contributed by atoms with Gasteiger partial charge in [0.1, 0.15) is 0 Å². The second-order valence-corrected chi connectivity index (χ2v) is 6.46. The summed E-state index contributed by atoms with van der Waals surface area (Å²) in [6.07, 6.45) is 5.86. The van der Waals surface area contributed by atoms with E-state index in [1.807, 2.05) is 26.0 Å². The first kappa shape index (κ1) is 23.7. The van der Waals surface area contributed by atoms with E-state index in [1.165, 1.54) is 12.2 Å². The Morgan fingerprint density at radius 3 is 1.48 bits per heavy atom. The molecule has 164 valence electrons. The summed E-state index contributed by atoms with van der Waals surface area (Å²) in [5.41, 5.74) is 1.55. The lowest BCUT2D eigenvalue weighted by molar-refractivity contribution is -0.121. The van der Waals surface area contributed by atoms with Crippen molar-refractivity contribution in [2.45, 2.75) is 20.3 Å². The topological polar surface area (TPSA) is 71.1 Å². The lowest BCUT2D eigenvalue weighted by Gasteiger charge is -2.09. The molecular weight excluding hydrogens is 396 g/mol. The summed E-state index contributed by atoms with van der Waals surface area (Å²) >= 11 is 0. The summed E-state index contributed by atoms with van der Waals surface area (Å²) in [5, 5.41) is 0. The number of carbonyl (C=O) groups excluding carboxylic acids is 2. The van der Waals surface area contributed by atoms with Crippen molar-refractivity contribution in [3.05, 3.63) is 59.7 Å². The van der Waals surface area contributed by atoms with Crippen LogP contribution in [0.2, 0.25) is 0 Å². The Balaban J connectivity index is 1.97. The lowest BCUT2D eigenvalue weighted by Crippen LogP contribution is -2.02. The molecule has 0 atom stereocenters. The number of ketones is 2. The van der Waals surface area contributed by atoms with Crippen LogP contribution in [-0.2, 0) is 9.59 Å². The molecular formula is C25H28O6. The number of allylic oxidation sites excluding steroid dienone is 2. The first-order valence-electron chi connectivity index (χ1n) is 10.0. The molecule has 2 aromatic carbocycles. The highest BCUT2D eigenvalue weighted by Crippen LogP contribution is 2.29. The molecule has 6 nitrogen and oxygen atoms in total. The highest BCUT2D eigenvalue weighted by Gasteiger charge is 2.07. The molecule has 0 N–H and O–H groups in total. The summed E-state index contributed by atoms with van der Waals surface area (Å²) < 4.78 is 21.5. The molecule has 2 rings (SSSR count). The quantitative estimate of drug-likeness (QED) is 0.362. The van der Waals surface area contributed by atoms with Gasteiger partial charge in [-0.1, -0.05) is 24.3 Å². The zero-order chi connectivity index (χ0) is 22.6. The van der Waals surface area contributed by atoms with Crippen LogP contribution in [0.3, 0.4) is 0 Å². The molecule has 0 saturated carbocycles. The van der Waals surface area contributed by atoms with Crippen molar-refractivity contribution in [2.24, 2.45) is 0 Å². The molecule has 0 saturated heterocycles. The van der Waals surface area contributed by atoms with Gasteiger partial charge < -0.3 is 18.9 Å². The van der Waals surface area contributed by atoms with Crippen LogP contribution in [0.25, 0.3) is 12.2 Å². The van der Waals surface area contributed by atoms with Crippen LogP contribution in [0, 0.1) is 0 Å². The van der Waals surface area contributed by atoms with E-state index in [1.54, 1.807) is 50.6 Å². The van der Waals surface area contributed by atoms with Crippen molar-refractivity contribution < 1.29 is 28.5 Å². The van der Waals surface area contributed by atoms with Crippen molar-refractivity contribution in [2.75, 3.05) is 27.4 Å². The predicted molar refractivity (Wildman–Crippen MR) is 121 cm³/mol. The second kappa shape index (κ2) is 12.2. The molecule has 6 heteroatoms. The molecule has 0 heterocycles. The molecule has 0 amide bonds. The van der Waals surface area contributed by atoms with Crippen molar-refractivity contribution in [3.8, 4) is 23.0 Å². The van der Waals surface area contributed by atoms with Crippen LogP contribution in [-0.4, -0.2) is 39.0 Å². The fraction of sp³-hybridized carbons (Fsp3) is 0.280. The van der Waals surface area contributed by atoms with Crippen molar-refractivity contribution in [3.63, 3.8) is 0 Å². The number of hydrogen-bond donors (Lipinski definition) is 0. The summed E-state index contributed by atoms with van der Waals surface area (Å²) in [6.45, 7) is 4.85. The minimum atomic E-state index is -0.285. The molecule has 31 heavy (non-hydrogen) atoms. The van der Waals surface area contributed by atoms with Crippen molar-refractivity contribution in [1.82, 2.24) is 0 Å². The van der Waals surface area contributed by atoms with Crippen LogP contribution >= 0.6 is 0 Å². The maximum atomic E-state index is 12.1. The summed E-state index contributed by atoms with van der Waals surface area (Å²) in [6, 6.07) is 10.7. The van der Waals surface area contributed by atoms with Gasteiger partial charge in [-0.3, -0.25) is 9.59 Å². The van der Waals surface area contributed by atoms with Gasteiger partial charge >= 0.3 is 0 Å². The maximum Gasteiger partial charge on any atom is 0.163 e. The predicted octanol–water partition coefficient (Wildman–Crippen LogP) is 4.76. The second-order valence-electron chi connectivity index (χ2n) is 6.46. The standard InChI is InChI=1S/C25H28O6/c1-5-30-22-13-9-18(15-24(22)28-3)7-11-20(26)17-21(27)12-8-19-10-14-23(31-6-2)25(16-19)29-4/h7-16H,5-6,17H2,1-4H3. The number of ether oxygens (including phenoxy) is 4. The van der Waals surface area contributed by atoms with Crippen LogP contribution in [0.15, 0.2) is 48.6 Å². The number of benzene rings is 2. The SMILES string of the molecule is CCOc1ccc(C=CC(=O)CC(=O)C=Cc2ccc(OCC)c(OC)c2)cc1OC. The molecule has 0 aromatic heterocycles. The molecule has 0 aliphatic rings. The highest BCUT2D eigenvalue weighted by molar-refractivity contribution is 6.10. The Morgan fingerprint density at radius 2 is 1.13 bits per heavy atom. The molecule has 2 aromatic rings. The fourth-order valence-corrected chi connectivity index (χ4v) is 2.79. The van der Waals surface area contributed by atoms with Gasteiger partial charge in [-0.15, -0.1) is 0 Å². The van der Waals surface area contributed by atoms with Gasteiger partial charge in [0, 0.05) is 0 Å². The minimum Gasteiger partial charge on any atom is -0.493 e. The third-order valence-electron chi connectivity index (χ3n) is 4.25. The Bertz CT molecular complexity index is 881. The van der Waals surface area contributed by atoms with Gasteiger partial charge in [0.05, 0.1) is 33.9 Å². The van der Waals surface area contributed by atoms with Crippen LogP contribution in [0.5, 0.6) is 23.0 Å². The van der Waals surface area contributed by atoms with Gasteiger partial charge in [-0.2, -0.15) is 0 Å². The third-order valence-corrected chi connectivity index (χ3v) is 4.25. The van der Waals surface area contributed by atoms with E-state index >= 15 is 0 Å². The summed E-state index contributed by atoms with van der Waals surface area (Å²) in [7, 11) is 3.11. The van der Waals surface area contributed by atoms with Crippen LogP contribution in [0.1, 0.15) is 31.4 Å². The van der Waals surface area contributed by atoms with Crippen LogP contribution in [0.4, 0.5) is 0 Å². The van der Waals surface area contributed by atoms with Gasteiger partial charge in [0.25, 0.3) is 0 Å². The Morgan fingerprint density at radius 1 is 0.710 bits per heavy atom. The molecule has 0 radical (unpaired) electrons. The number of carbonyl (C=O) groups is 2. The monoisotopic (exact) mass is 424 g/mol. The Hall–Kier alpha value is -3.54. The molecule has 0 aliphatic heterocycles. The first-order chi connectivity index (χ1) is 15.0. The summed E-state index contributed by atoms with van der Waals surface area (Å²) in [5.74, 6) is 1.88. The molecule has 0 spiro atoms. The smallest absolute Gasteiger partial charge is 0.163 e. The van der Waals surface area contributed by atoms with Gasteiger partial charge in [0.2, 0.25) is 0 Å². The first-order valence-corrected chi connectivity index (χ1v) is 10.0. The minimum absolute atomic E-state index is 0.213. The Kier molecular flexibility index (Phi) is 9.36. The van der Waals surface area contributed by atoms with Crippen molar-refractivity contribution >= 4 is 23.7 Å². The molecule has 0 bridgehead atoms. The third kappa shape index (κ3) is 7.33. The number of rotatable bonds is 12. The van der Waals surface area contributed by atoms with E-state index in [-0.39, 0.29) is 18.0 Å². The van der Waals surface area contributed by atoms with E-state index < -0.39 is 0 Å². The lowest BCUT2D eigenvalue weighted by atomic mass is 10.1. The average Bonchev–Trinajstić information content (AvgIpc) is 2.78. The highest BCUT2D eigenvalue weighted by atomic mass is 16.5. The van der Waals surface area contributed by atoms with Gasteiger partial charge in [0.15, 0.2) is 34.6 Å². The zero-order valence-electron chi connectivity index (χ0n) is 18.3. The van der Waals surface area contributed by atoms with E-state index in [9.17, 15) is 9.59 Å². The molecule has 0 fully saturated rings. The number of methoxy groups -OCH3 is 2. The van der Waals surface area contributed by atoms with E-state index in [4.69, 9.17) is 18.9 Å². The van der Waals surface area contributed by atoms with E-state index in [2.05, 4.69) is 0 Å². The largest absolute Gasteiger partial charge is 0.493 e. The summed E-state index contributed by atoms with van der Waals surface area (Å²) in [4.78, 5) is 24.3. The average molecular weight is 424 g/mol. The van der Waals surface area contributed by atoms with Crippen molar-refractivity contribution in [1.29, 1.82) is 0 Å². The Labute approximate surface area is 183 Å². The van der Waals surface area contributed by atoms with Crippen LogP contribution < -0.4 is 18.9 Å². The normalized spacial score (nSPS) is 11.0. The number of hydrogen-bond acceptors (Lipinski definition) is 6. The van der Waals surface area contributed by atoms with E-state index in [0.717, 1.165) is 11.1 Å².